The maximum Gasteiger partial charge on any atom is 0.271 e. The molecule has 2 aromatic rings. The van der Waals surface area contributed by atoms with Gasteiger partial charge in [-0.25, -0.2) is 4.98 Å². The average molecular weight is 210 g/mol. The molecule has 0 aliphatic heterocycles. The SMILES string of the molecule is NCc1nc2cc(Cl)ccc2[nH]c1=O. The number of nitrogens with zero attached hydrogens (tertiary/aromatic N) is 1. The first-order valence-corrected chi connectivity index (χ1v) is 4.47. The Bertz CT molecular complexity index is 535. The molecule has 0 amide bonds. The molecule has 72 valence electrons. The van der Waals surface area contributed by atoms with Gasteiger partial charge in [-0.3, -0.25) is 4.79 Å². The molecular formula is C9H8ClN3O. The van der Waals surface area contributed by atoms with Gasteiger partial charge in [-0.2, -0.15) is 0 Å². The van der Waals surface area contributed by atoms with Gasteiger partial charge >= 0.3 is 0 Å². The second-order valence-corrected chi connectivity index (χ2v) is 3.31. The summed E-state index contributed by atoms with van der Waals surface area (Å²) in [5, 5.41) is 0.583. The van der Waals surface area contributed by atoms with Crippen LogP contribution in [0.25, 0.3) is 11.0 Å². The van der Waals surface area contributed by atoms with Gasteiger partial charge in [-0.1, -0.05) is 11.6 Å². The first-order valence-electron chi connectivity index (χ1n) is 4.09. The number of aromatic amines is 1. The molecular weight excluding hydrogens is 202 g/mol. The molecule has 0 saturated carbocycles. The number of aromatic nitrogens is 2. The van der Waals surface area contributed by atoms with Crippen LogP contribution in [0.3, 0.4) is 0 Å². The van der Waals surface area contributed by atoms with Crippen molar-refractivity contribution < 1.29 is 0 Å². The maximum atomic E-state index is 11.3. The Morgan fingerprint density at radius 3 is 3.00 bits per heavy atom. The molecule has 0 bridgehead atoms. The van der Waals surface area contributed by atoms with Crippen molar-refractivity contribution in [3.8, 4) is 0 Å². The summed E-state index contributed by atoms with van der Waals surface area (Å²) >= 11 is 5.79. The molecule has 0 radical (unpaired) electrons. The van der Waals surface area contributed by atoms with Gasteiger partial charge < -0.3 is 10.7 Å². The van der Waals surface area contributed by atoms with Crippen molar-refractivity contribution in [3.63, 3.8) is 0 Å². The zero-order chi connectivity index (χ0) is 10.1. The average Bonchev–Trinajstić information content (AvgIpc) is 2.17. The fourth-order valence-corrected chi connectivity index (χ4v) is 1.40. The van der Waals surface area contributed by atoms with Crippen LogP contribution in [0.5, 0.6) is 0 Å². The van der Waals surface area contributed by atoms with E-state index in [-0.39, 0.29) is 12.1 Å². The summed E-state index contributed by atoms with van der Waals surface area (Å²) in [4.78, 5) is 18.1. The number of hydrogen-bond acceptors (Lipinski definition) is 3. The molecule has 0 aliphatic rings. The second kappa shape index (κ2) is 3.40. The van der Waals surface area contributed by atoms with E-state index in [1.807, 2.05) is 0 Å². The van der Waals surface area contributed by atoms with E-state index in [2.05, 4.69) is 9.97 Å². The Balaban J connectivity index is 2.80. The van der Waals surface area contributed by atoms with Crippen molar-refractivity contribution >= 4 is 22.6 Å². The molecule has 2 rings (SSSR count). The molecule has 1 aromatic carbocycles. The molecule has 0 aliphatic carbocycles. The summed E-state index contributed by atoms with van der Waals surface area (Å²) in [5.41, 5.74) is 6.75. The first kappa shape index (κ1) is 9.18. The van der Waals surface area contributed by atoms with E-state index >= 15 is 0 Å². The predicted octanol–water partition coefficient (Wildman–Crippen LogP) is 1.04. The molecule has 4 nitrogen and oxygen atoms in total. The smallest absolute Gasteiger partial charge is 0.271 e. The number of H-pyrrole nitrogens is 1. The van der Waals surface area contributed by atoms with Gasteiger partial charge in [0.15, 0.2) is 0 Å². The van der Waals surface area contributed by atoms with Gasteiger partial charge in [-0.05, 0) is 18.2 Å². The number of nitrogens with two attached hydrogens (primary N) is 1. The monoisotopic (exact) mass is 209 g/mol. The van der Waals surface area contributed by atoms with Gasteiger partial charge in [0, 0.05) is 11.6 Å². The molecule has 1 aromatic heterocycles. The molecule has 0 fully saturated rings. The van der Waals surface area contributed by atoms with Crippen LogP contribution < -0.4 is 11.3 Å². The van der Waals surface area contributed by atoms with Crippen molar-refractivity contribution in [2.75, 3.05) is 0 Å². The van der Waals surface area contributed by atoms with Gasteiger partial charge in [0.1, 0.15) is 5.69 Å². The number of fused-ring (bicyclic) bond motifs is 1. The van der Waals surface area contributed by atoms with Crippen LogP contribution in [0.4, 0.5) is 0 Å². The summed E-state index contributed by atoms with van der Waals surface area (Å²) in [5.74, 6) is 0. The van der Waals surface area contributed by atoms with Crippen molar-refractivity contribution in [2.45, 2.75) is 6.54 Å². The van der Waals surface area contributed by atoms with E-state index in [0.717, 1.165) is 0 Å². The Hall–Kier alpha value is -1.39. The van der Waals surface area contributed by atoms with Gasteiger partial charge in [0.05, 0.1) is 11.0 Å². The minimum atomic E-state index is -0.248. The van der Waals surface area contributed by atoms with Crippen molar-refractivity contribution in [1.29, 1.82) is 0 Å². The fraction of sp³-hybridized carbons (Fsp3) is 0.111. The number of nitrogens with one attached hydrogen (secondary N) is 1. The lowest BCUT2D eigenvalue weighted by atomic mass is 10.3. The Morgan fingerprint density at radius 1 is 1.50 bits per heavy atom. The fourth-order valence-electron chi connectivity index (χ4n) is 1.23. The Morgan fingerprint density at radius 2 is 2.29 bits per heavy atom. The van der Waals surface area contributed by atoms with Crippen molar-refractivity contribution in [2.24, 2.45) is 5.73 Å². The minimum absolute atomic E-state index is 0.123. The predicted molar refractivity (Wildman–Crippen MR) is 55.3 cm³/mol. The molecule has 0 spiro atoms. The topological polar surface area (TPSA) is 71.8 Å². The number of benzene rings is 1. The molecule has 0 unspecified atom stereocenters. The lowest BCUT2D eigenvalue weighted by Gasteiger charge is -2.00. The summed E-state index contributed by atoms with van der Waals surface area (Å²) < 4.78 is 0. The Labute approximate surface area is 84.7 Å². The first-order chi connectivity index (χ1) is 6.70. The van der Waals surface area contributed by atoms with Crippen LogP contribution in [-0.4, -0.2) is 9.97 Å². The molecule has 0 atom stereocenters. The van der Waals surface area contributed by atoms with E-state index in [1.165, 1.54) is 0 Å². The van der Waals surface area contributed by atoms with Crippen LogP contribution in [0.15, 0.2) is 23.0 Å². The van der Waals surface area contributed by atoms with E-state index in [9.17, 15) is 4.79 Å². The highest BCUT2D eigenvalue weighted by atomic mass is 35.5. The molecule has 5 heteroatoms. The quantitative estimate of drug-likeness (QED) is 0.737. The lowest BCUT2D eigenvalue weighted by molar-refractivity contribution is 0.960. The largest absolute Gasteiger partial charge is 0.325 e. The molecule has 1 heterocycles. The maximum absolute atomic E-state index is 11.3. The number of halogens is 1. The molecule has 14 heavy (non-hydrogen) atoms. The van der Waals surface area contributed by atoms with Crippen molar-refractivity contribution in [1.82, 2.24) is 9.97 Å². The zero-order valence-electron chi connectivity index (χ0n) is 7.25. The lowest BCUT2D eigenvalue weighted by Crippen LogP contribution is -2.18. The van der Waals surface area contributed by atoms with E-state index in [0.29, 0.717) is 21.7 Å². The summed E-state index contributed by atoms with van der Waals surface area (Å²) in [6.45, 7) is 0.123. The van der Waals surface area contributed by atoms with Crippen LogP contribution in [0.2, 0.25) is 5.02 Å². The summed E-state index contributed by atoms with van der Waals surface area (Å²) in [6, 6.07) is 5.10. The second-order valence-electron chi connectivity index (χ2n) is 2.88. The standard InChI is InChI=1S/C9H8ClN3O/c10-5-1-2-6-7(3-5)12-8(4-11)9(14)13-6/h1-3H,4,11H2,(H,13,14). The molecule has 0 saturated heterocycles. The van der Waals surface area contributed by atoms with Crippen LogP contribution in [-0.2, 0) is 6.54 Å². The third-order valence-electron chi connectivity index (χ3n) is 1.92. The third-order valence-corrected chi connectivity index (χ3v) is 2.15. The van der Waals surface area contributed by atoms with Gasteiger partial charge in [0.2, 0.25) is 0 Å². The van der Waals surface area contributed by atoms with Crippen LogP contribution in [0.1, 0.15) is 5.69 Å². The highest BCUT2D eigenvalue weighted by Gasteiger charge is 2.02. The summed E-state index contributed by atoms with van der Waals surface area (Å²) in [7, 11) is 0. The van der Waals surface area contributed by atoms with Crippen molar-refractivity contribution in [3.05, 3.63) is 39.3 Å². The zero-order valence-corrected chi connectivity index (χ0v) is 8.01. The van der Waals surface area contributed by atoms with Crippen LogP contribution in [0, 0.1) is 0 Å². The molecule has 3 N–H and O–H groups in total. The van der Waals surface area contributed by atoms with E-state index in [4.69, 9.17) is 17.3 Å². The highest BCUT2D eigenvalue weighted by Crippen LogP contribution is 2.14. The van der Waals surface area contributed by atoms with Crippen LogP contribution >= 0.6 is 11.6 Å². The van der Waals surface area contributed by atoms with Gasteiger partial charge in [0.25, 0.3) is 5.56 Å². The Kier molecular flexibility index (Phi) is 2.23. The highest BCUT2D eigenvalue weighted by molar-refractivity contribution is 6.31. The number of rotatable bonds is 1. The minimum Gasteiger partial charge on any atom is -0.325 e. The number of hydrogen-bond donors (Lipinski definition) is 2. The van der Waals surface area contributed by atoms with Gasteiger partial charge in [-0.15, -0.1) is 0 Å². The van der Waals surface area contributed by atoms with E-state index < -0.39 is 0 Å². The third kappa shape index (κ3) is 1.49. The summed E-state index contributed by atoms with van der Waals surface area (Å²) in [6.07, 6.45) is 0. The van der Waals surface area contributed by atoms with E-state index in [1.54, 1.807) is 18.2 Å². The normalized spacial score (nSPS) is 10.7.